The van der Waals surface area contributed by atoms with Crippen LogP contribution in [0.1, 0.15) is 22.4 Å². The molecule has 0 radical (unpaired) electrons. The Kier molecular flexibility index (Phi) is 6.26. The minimum atomic E-state index is -4.94. The summed E-state index contributed by atoms with van der Waals surface area (Å²) in [6, 6.07) is 12.8. The van der Waals surface area contributed by atoms with Gasteiger partial charge in [0.1, 0.15) is 7.05 Å². The molecule has 0 saturated heterocycles. The van der Waals surface area contributed by atoms with E-state index < -0.39 is 10.2 Å². The van der Waals surface area contributed by atoms with Gasteiger partial charge in [0.05, 0.1) is 6.42 Å². The van der Waals surface area contributed by atoms with Gasteiger partial charge < -0.3 is 0 Å². The lowest BCUT2D eigenvalue weighted by Gasteiger charge is -2.17. The van der Waals surface area contributed by atoms with Crippen LogP contribution in [0.2, 0.25) is 0 Å². The molecular weight excluding hydrogens is 294 g/mol. The fourth-order valence-electron chi connectivity index (χ4n) is 1.98. The molecule has 6 heteroatoms. The highest BCUT2D eigenvalue weighted by molar-refractivity contribution is 5.28. The van der Waals surface area contributed by atoms with Crippen LogP contribution in [0.3, 0.4) is 0 Å². The predicted molar refractivity (Wildman–Crippen MR) is 66.3 cm³/mol. The number of rotatable bonds is 2. The number of hydrogen-bond acceptors (Lipinski definition) is 4. The molecular formula is C15H18ClNO4. The summed E-state index contributed by atoms with van der Waals surface area (Å²) in [5.41, 5.74) is 5.52. The third-order valence-electron chi connectivity index (χ3n) is 3.21. The van der Waals surface area contributed by atoms with Crippen molar-refractivity contribution in [3.8, 4) is 0 Å². The van der Waals surface area contributed by atoms with Gasteiger partial charge in [-0.2, -0.15) is 0 Å². The molecule has 114 valence electrons. The summed E-state index contributed by atoms with van der Waals surface area (Å²) in [7, 11) is -2.83. The van der Waals surface area contributed by atoms with Crippen molar-refractivity contribution < 1.29 is 33.4 Å². The van der Waals surface area contributed by atoms with Crippen LogP contribution in [0.5, 0.6) is 0 Å². The highest BCUT2D eigenvalue weighted by Crippen LogP contribution is 2.12. The molecule has 1 heterocycles. The van der Waals surface area contributed by atoms with E-state index in [0.29, 0.717) is 0 Å². The van der Waals surface area contributed by atoms with Crippen LogP contribution in [0.25, 0.3) is 0 Å². The maximum absolute atomic E-state index is 8.49. The highest BCUT2D eigenvalue weighted by Gasteiger charge is 2.12. The van der Waals surface area contributed by atoms with E-state index in [2.05, 4.69) is 68.1 Å². The van der Waals surface area contributed by atoms with Gasteiger partial charge in [0.2, 0.25) is 0 Å². The first-order valence-corrected chi connectivity index (χ1v) is 7.52. The Balaban J connectivity index is 0.000000383. The number of benzene rings is 1. The van der Waals surface area contributed by atoms with Crippen molar-refractivity contribution in [2.24, 2.45) is 7.05 Å². The molecule has 1 aromatic carbocycles. The zero-order valence-corrected chi connectivity index (χ0v) is 13.0. The first-order chi connectivity index (χ1) is 9.68. The average molecular weight is 312 g/mol. The summed E-state index contributed by atoms with van der Waals surface area (Å²) in [6.45, 7) is 4.37. The summed E-state index contributed by atoms with van der Waals surface area (Å²) in [5.74, 6) is 0. The molecule has 1 aromatic heterocycles. The van der Waals surface area contributed by atoms with Gasteiger partial charge in [0, 0.05) is 11.6 Å². The molecule has 0 aliphatic heterocycles. The van der Waals surface area contributed by atoms with Crippen molar-refractivity contribution in [3.63, 3.8) is 0 Å². The minimum absolute atomic E-state index is 1.00. The van der Waals surface area contributed by atoms with Crippen LogP contribution < -0.4 is 23.2 Å². The molecule has 0 unspecified atom stereocenters. The number of hydrogen-bond donors (Lipinski definition) is 0. The lowest BCUT2D eigenvalue weighted by atomic mass is 10.0. The van der Waals surface area contributed by atoms with Gasteiger partial charge in [-0.15, -0.1) is 10.2 Å². The van der Waals surface area contributed by atoms with Gasteiger partial charge in [0.25, 0.3) is 0 Å². The van der Waals surface area contributed by atoms with Crippen LogP contribution in [-0.4, -0.2) is 0 Å². The normalized spacial score (nSPS) is 10.8. The monoisotopic (exact) mass is 311 g/mol. The molecule has 0 spiro atoms. The van der Waals surface area contributed by atoms with E-state index in [1.807, 2.05) is 0 Å². The van der Waals surface area contributed by atoms with Crippen molar-refractivity contribution >= 4 is 0 Å². The molecule has 0 saturated carbocycles. The van der Waals surface area contributed by atoms with E-state index in [-0.39, 0.29) is 0 Å². The first-order valence-electron chi connectivity index (χ1n) is 6.29. The molecule has 2 aromatic rings. The summed E-state index contributed by atoms with van der Waals surface area (Å²) >= 11 is 0. The van der Waals surface area contributed by atoms with Gasteiger partial charge in [-0.3, -0.25) is 0 Å². The molecule has 0 atom stereocenters. The lowest BCUT2D eigenvalue weighted by Crippen LogP contribution is -2.68. The first kappa shape index (κ1) is 17.6. The topological polar surface area (TPSA) is 96.1 Å². The van der Waals surface area contributed by atoms with Crippen LogP contribution in [0, 0.1) is 24.1 Å². The molecule has 0 N–H and O–H groups in total. The molecule has 0 aliphatic carbocycles. The summed E-state index contributed by atoms with van der Waals surface area (Å²) in [5, 5.41) is 0. The van der Waals surface area contributed by atoms with Crippen molar-refractivity contribution in [3.05, 3.63) is 65.0 Å². The van der Waals surface area contributed by atoms with Gasteiger partial charge in [-0.1, -0.05) is 30.3 Å². The largest absolute Gasteiger partial charge is 0.222 e. The molecule has 0 amide bonds. The summed E-state index contributed by atoms with van der Waals surface area (Å²) in [6.07, 6.45) is 3.14. The second-order valence-electron chi connectivity index (χ2n) is 4.72. The van der Waals surface area contributed by atoms with Crippen LogP contribution in [-0.2, 0) is 13.5 Å². The maximum Gasteiger partial charge on any atom is 0.188 e. The zero-order valence-electron chi connectivity index (χ0n) is 12.2. The standard InChI is InChI=1S/C15H18N.ClHO4/c1-12-9-10-16(3)15(13(12)2)11-14-7-5-4-6-8-14;2-1(3,4)5/h4-10H,11H2,1-3H3;(H,2,3,4,5)/q+1;/p-1. The van der Waals surface area contributed by atoms with Crippen LogP contribution in [0.15, 0.2) is 42.6 Å². The quantitative estimate of drug-likeness (QED) is 0.597. The van der Waals surface area contributed by atoms with Crippen molar-refractivity contribution in [2.45, 2.75) is 20.3 Å². The van der Waals surface area contributed by atoms with Crippen LogP contribution >= 0.6 is 0 Å². The Morgan fingerprint density at radius 1 is 0.952 bits per heavy atom. The van der Waals surface area contributed by atoms with Gasteiger partial charge in [-0.25, -0.2) is 23.2 Å². The van der Waals surface area contributed by atoms with E-state index in [0.717, 1.165) is 6.42 Å². The minimum Gasteiger partial charge on any atom is -0.222 e. The highest BCUT2D eigenvalue weighted by atomic mass is 35.7. The van der Waals surface area contributed by atoms with Crippen molar-refractivity contribution in [2.75, 3.05) is 0 Å². The Morgan fingerprint density at radius 3 is 2.00 bits per heavy atom. The van der Waals surface area contributed by atoms with Gasteiger partial charge in [-0.05, 0) is 25.0 Å². The number of nitrogens with zero attached hydrogens (tertiary/aromatic N) is 1. The number of aromatic nitrogens is 1. The second kappa shape index (κ2) is 7.49. The molecule has 0 bridgehead atoms. The van der Waals surface area contributed by atoms with E-state index in [1.165, 1.54) is 22.4 Å². The fourth-order valence-corrected chi connectivity index (χ4v) is 1.98. The molecule has 2 rings (SSSR count). The van der Waals surface area contributed by atoms with E-state index in [9.17, 15) is 0 Å². The summed E-state index contributed by atoms with van der Waals surface area (Å²) in [4.78, 5) is 0. The Labute approximate surface area is 126 Å². The maximum atomic E-state index is 8.49. The summed E-state index contributed by atoms with van der Waals surface area (Å²) < 4.78 is 36.2. The SMILES string of the molecule is Cc1cc[n+](C)c(Cc2ccccc2)c1C.[O-][Cl+3]([O-])([O-])[O-]. The van der Waals surface area contributed by atoms with E-state index >= 15 is 0 Å². The van der Waals surface area contributed by atoms with Crippen LogP contribution in [0.4, 0.5) is 0 Å². The van der Waals surface area contributed by atoms with E-state index in [4.69, 9.17) is 18.6 Å². The third kappa shape index (κ3) is 6.66. The smallest absolute Gasteiger partial charge is 0.188 e. The zero-order chi connectivity index (χ0) is 16.0. The number of halogens is 1. The van der Waals surface area contributed by atoms with Crippen molar-refractivity contribution in [1.82, 2.24) is 0 Å². The van der Waals surface area contributed by atoms with Crippen molar-refractivity contribution in [1.29, 1.82) is 0 Å². The Morgan fingerprint density at radius 2 is 1.48 bits per heavy atom. The van der Waals surface area contributed by atoms with Gasteiger partial charge >= 0.3 is 0 Å². The van der Waals surface area contributed by atoms with Gasteiger partial charge in [0.15, 0.2) is 11.9 Å². The third-order valence-corrected chi connectivity index (χ3v) is 3.21. The number of pyridine rings is 1. The number of aryl methyl sites for hydroxylation is 2. The molecule has 0 aliphatic rings. The molecule has 0 fully saturated rings. The fraction of sp³-hybridized carbons (Fsp3) is 0.267. The van der Waals surface area contributed by atoms with E-state index in [1.54, 1.807) is 0 Å². The Hall–Kier alpha value is -1.50. The Bertz CT molecular complexity index is 576. The molecule has 21 heavy (non-hydrogen) atoms. The molecule has 5 nitrogen and oxygen atoms in total. The lowest BCUT2D eigenvalue weighted by molar-refractivity contribution is -2.00. The average Bonchev–Trinajstić information content (AvgIpc) is 2.39. The second-order valence-corrected chi connectivity index (χ2v) is 5.48. The predicted octanol–water partition coefficient (Wildman–Crippen LogP) is -2.04.